The van der Waals surface area contributed by atoms with Crippen LogP contribution in [0.15, 0.2) is 24.3 Å². The molecule has 0 amide bonds. The number of hydrogen-bond donors (Lipinski definition) is 1. The van der Waals surface area contributed by atoms with Gasteiger partial charge in [0.1, 0.15) is 11.9 Å². The number of rotatable bonds is 2. The van der Waals surface area contributed by atoms with Gasteiger partial charge < -0.3 is 14.8 Å². The number of halogens is 1. The highest BCUT2D eigenvalue weighted by Gasteiger charge is 2.42. The average Bonchev–Trinajstić information content (AvgIpc) is 2.76. The summed E-state index contributed by atoms with van der Waals surface area (Å²) in [5.41, 5.74) is 0.00927. The highest BCUT2D eigenvalue weighted by molar-refractivity contribution is 6.30. The maximum absolute atomic E-state index is 5.98. The van der Waals surface area contributed by atoms with E-state index in [0.29, 0.717) is 6.61 Å². The zero-order chi connectivity index (χ0) is 12.4. The van der Waals surface area contributed by atoms with E-state index in [2.05, 4.69) is 5.32 Å². The minimum Gasteiger partial charge on any atom is -0.488 e. The lowest BCUT2D eigenvalue weighted by Gasteiger charge is -2.32. The fourth-order valence-corrected chi connectivity index (χ4v) is 2.95. The van der Waals surface area contributed by atoms with Gasteiger partial charge in [-0.25, -0.2) is 0 Å². The van der Waals surface area contributed by atoms with Crippen LogP contribution >= 0.6 is 11.6 Å². The van der Waals surface area contributed by atoms with Crippen LogP contribution in [0.4, 0.5) is 0 Å². The van der Waals surface area contributed by atoms with E-state index in [1.807, 2.05) is 24.3 Å². The van der Waals surface area contributed by atoms with Crippen molar-refractivity contribution >= 4 is 11.6 Å². The summed E-state index contributed by atoms with van der Waals surface area (Å²) in [6.45, 7) is 2.74. The van der Waals surface area contributed by atoms with Crippen molar-refractivity contribution in [1.29, 1.82) is 0 Å². The molecule has 1 aromatic rings. The van der Waals surface area contributed by atoms with Gasteiger partial charge in [0.2, 0.25) is 0 Å². The first-order chi connectivity index (χ1) is 8.76. The molecule has 2 aliphatic heterocycles. The van der Waals surface area contributed by atoms with Crippen molar-refractivity contribution in [2.24, 2.45) is 0 Å². The Bertz CT molecular complexity index is 401. The lowest BCUT2D eigenvalue weighted by atomic mass is 9.90. The predicted molar refractivity (Wildman–Crippen MR) is 71.3 cm³/mol. The van der Waals surface area contributed by atoms with Crippen molar-refractivity contribution in [2.75, 3.05) is 19.7 Å². The van der Waals surface area contributed by atoms with Gasteiger partial charge in [0.05, 0.1) is 12.2 Å². The van der Waals surface area contributed by atoms with Gasteiger partial charge in [0.25, 0.3) is 0 Å². The van der Waals surface area contributed by atoms with Crippen molar-refractivity contribution in [3.8, 4) is 5.75 Å². The summed E-state index contributed by atoms with van der Waals surface area (Å²) in [6, 6.07) is 7.52. The number of benzene rings is 1. The Morgan fingerprint density at radius 1 is 1.33 bits per heavy atom. The van der Waals surface area contributed by atoms with E-state index < -0.39 is 0 Å². The number of hydrogen-bond acceptors (Lipinski definition) is 3. The molecular weight excluding hydrogens is 250 g/mol. The van der Waals surface area contributed by atoms with E-state index in [-0.39, 0.29) is 11.7 Å². The van der Waals surface area contributed by atoms with Gasteiger partial charge in [-0.1, -0.05) is 11.6 Å². The Morgan fingerprint density at radius 2 is 2.17 bits per heavy atom. The molecule has 0 radical (unpaired) electrons. The summed E-state index contributed by atoms with van der Waals surface area (Å²) >= 11 is 5.86. The predicted octanol–water partition coefficient (Wildman–Crippen LogP) is 2.63. The maximum Gasteiger partial charge on any atom is 0.125 e. The molecule has 0 aliphatic carbocycles. The summed E-state index contributed by atoms with van der Waals surface area (Å²) in [7, 11) is 0. The van der Waals surface area contributed by atoms with Gasteiger partial charge in [-0.2, -0.15) is 0 Å². The maximum atomic E-state index is 5.98. The minimum absolute atomic E-state index is 0.00927. The number of piperidine rings is 1. The third-order valence-electron chi connectivity index (χ3n) is 3.72. The van der Waals surface area contributed by atoms with Gasteiger partial charge in [0.15, 0.2) is 0 Å². The second-order valence-corrected chi connectivity index (χ2v) is 5.61. The number of nitrogens with one attached hydrogen (secondary N) is 1. The Hall–Kier alpha value is -0.770. The Labute approximate surface area is 112 Å². The van der Waals surface area contributed by atoms with Crippen LogP contribution in [0, 0.1) is 0 Å². The Kier molecular flexibility index (Phi) is 3.46. The molecule has 1 spiro atoms. The molecule has 2 heterocycles. The Morgan fingerprint density at radius 3 is 2.89 bits per heavy atom. The average molecular weight is 268 g/mol. The zero-order valence-electron chi connectivity index (χ0n) is 10.3. The summed E-state index contributed by atoms with van der Waals surface area (Å²) in [6.07, 6.45) is 3.46. The summed E-state index contributed by atoms with van der Waals surface area (Å²) in [5, 5.41) is 4.15. The molecule has 2 aliphatic rings. The third-order valence-corrected chi connectivity index (χ3v) is 3.98. The molecule has 3 nitrogen and oxygen atoms in total. The molecule has 3 rings (SSSR count). The first-order valence-corrected chi connectivity index (χ1v) is 6.91. The molecule has 0 unspecified atom stereocenters. The normalized spacial score (nSPS) is 31.7. The third kappa shape index (κ3) is 2.63. The van der Waals surface area contributed by atoms with Gasteiger partial charge in [-0.3, -0.25) is 0 Å². The fraction of sp³-hybridized carbons (Fsp3) is 0.571. The molecule has 4 heteroatoms. The van der Waals surface area contributed by atoms with Crippen LogP contribution in [-0.2, 0) is 4.74 Å². The topological polar surface area (TPSA) is 30.5 Å². The van der Waals surface area contributed by atoms with Crippen molar-refractivity contribution in [3.05, 3.63) is 29.3 Å². The smallest absolute Gasteiger partial charge is 0.125 e. The van der Waals surface area contributed by atoms with E-state index >= 15 is 0 Å². The van der Waals surface area contributed by atoms with E-state index in [1.165, 1.54) is 6.42 Å². The van der Waals surface area contributed by atoms with Crippen molar-refractivity contribution in [3.63, 3.8) is 0 Å². The monoisotopic (exact) mass is 267 g/mol. The van der Waals surface area contributed by atoms with Crippen molar-refractivity contribution in [2.45, 2.75) is 31.0 Å². The lowest BCUT2D eigenvalue weighted by molar-refractivity contribution is -0.0153. The van der Waals surface area contributed by atoms with E-state index in [1.54, 1.807) is 0 Å². The first-order valence-electron chi connectivity index (χ1n) is 6.53. The first kappa shape index (κ1) is 12.3. The molecule has 2 atom stereocenters. The highest BCUT2D eigenvalue weighted by atomic mass is 35.5. The van der Waals surface area contributed by atoms with Crippen LogP contribution in [0.1, 0.15) is 19.3 Å². The minimum atomic E-state index is 0.00927. The SMILES string of the molecule is Clc1ccc(O[C@H]2CO[C@@]3(CCCNC3)C2)cc1. The van der Waals surface area contributed by atoms with E-state index in [9.17, 15) is 0 Å². The molecule has 98 valence electrons. The molecule has 1 N–H and O–H groups in total. The second kappa shape index (κ2) is 5.08. The van der Waals surface area contributed by atoms with Crippen LogP contribution in [-0.4, -0.2) is 31.4 Å². The summed E-state index contributed by atoms with van der Waals surface area (Å²) in [4.78, 5) is 0. The van der Waals surface area contributed by atoms with E-state index in [4.69, 9.17) is 21.1 Å². The standard InChI is InChI=1S/C14H18ClNO2/c15-11-2-4-12(5-3-11)18-13-8-14(17-9-13)6-1-7-16-10-14/h2-5,13,16H,1,6-10H2/t13-,14+/m1/s1. The molecule has 0 bridgehead atoms. The van der Waals surface area contributed by atoms with Crippen molar-refractivity contribution < 1.29 is 9.47 Å². The van der Waals surface area contributed by atoms with Gasteiger partial charge in [0, 0.05) is 18.0 Å². The second-order valence-electron chi connectivity index (χ2n) is 5.17. The number of ether oxygens (including phenoxy) is 2. The molecule has 0 aromatic heterocycles. The van der Waals surface area contributed by atoms with Crippen LogP contribution in [0.3, 0.4) is 0 Å². The van der Waals surface area contributed by atoms with Crippen LogP contribution in [0.2, 0.25) is 5.02 Å². The summed E-state index contributed by atoms with van der Waals surface area (Å²) in [5.74, 6) is 0.869. The van der Waals surface area contributed by atoms with Gasteiger partial charge in [-0.05, 0) is 43.7 Å². The molecule has 2 saturated heterocycles. The van der Waals surface area contributed by atoms with Crippen LogP contribution < -0.4 is 10.1 Å². The lowest BCUT2D eigenvalue weighted by Crippen LogP contribution is -2.45. The van der Waals surface area contributed by atoms with Gasteiger partial charge in [-0.15, -0.1) is 0 Å². The van der Waals surface area contributed by atoms with Crippen LogP contribution in [0.5, 0.6) is 5.75 Å². The Balaban J connectivity index is 1.60. The highest BCUT2D eigenvalue weighted by Crippen LogP contribution is 2.33. The molecule has 18 heavy (non-hydrogen) atoms. The molecule has 1 aromatic carbocycles. The quantitative estimate of drug-likeness (QED) is 0.894. The molecule has 0 saturated carbocycles. The molecular formula is C14H18ClNO2. The fourth-order valence-electron chi connectivity index (χ4n) is 2.82. The largest absolute Gasteiger partial charge is 0.488 e. The van der Waals surface area contributed by atoms with E-state index in [0.717, 1.165) is 36.7 Å². The zero-order valence-corrected chi connectivity index (χ0v) is 11.1. The summed E-state index contributed by atoms with van der Waals surface area (Å²) < 4.78 is 11.9. The van der Waals surface area contributed by atoms with Crippen LogP contribution in [0.25, 0.3) is 0 Å². The van der Waals surface area contributed by atoms with Crippen molar-refractivity contribution in [1.82, 2.24) is 5.32 Å². The molecule has 2 fully saturated rings. The van der Waals surface area contributed by atoms with Gasteiger partial charge >= 0.3 is 0 Å².